The Hall–Kier alpha value is -3.70. The smallest absolute Gasteiger partial charge is 0.416 e. The summed E-state index contributed by atoms with van der Waals surface area (Å²) in [7, 11) is 0. The maximum Gasteiger partial charge on any atom is 0.416 e. The number of alkyl halides is 4. The van der Waals surface area contributed by atoms with Crippen LogP contribution in [0.3, 0.4) is 0 Å². The van der Waals surface area contributed by atoms with Crippen molar-refractivity contribution in [2.45, 2.75) is 70.4 Å². The highest BCUT2D eigenvalue weighted by Gasteiger charge is 2.34. The summed E-state index contributed by atoms with van der Waals surface area (Å²) in [6.07, 6.45) is -1.75. The number of amides is 2. The van der Waals surface area contributed by atoms with E-state index in [1.807, 2.05) is 0 Å². The summed E-state index contributed by atoms with van der Waals surface area (Å²) in [5.74, 6) is -0.145. The Morgan fingerprint density at radius 2 is 1.90 bits per heavy atom. The lowest BCUT2D eigenvalue weighted by atomic mass is 9.89. The molecule has 0 spiro atoms. The van der Waals surface area contributed by atoms with Crippen LogP contribution in [-0.4, -0.2) is 51.6 Å². The Kier molecular flexibility index (Phi) is 7.21. The molecule has 2 aliphatic carbocycles. The number of ether oxygens (including phenoxy) is 1. The van der Waals surface area contributed by atoms with Gasteiger partial charge >= 0.3 is 6.18 Å². The van der Waals surface area contributed by atoms with Crippen LogP contribution >= 0.6 is 0 Å². The fraction of sp³-hybridized carbons (Fsp3) is 0.481. The number of hydrogen-bond donors (Lipinski definition) is 3. The summed E-state index contributed by atoms with van der Waals surface area (Å²) in [6, 6.07) is 2.22. The number of halogens is 4. The Balaban J connectivity index is 1.45. The van der Waals surface area contributed by atoms with E-state index in [2.05, 4.69) is 25.6 Å². The molecular weight excluding hydrogens is 518 g/mol. The summed E-state index contributed by atoms with van der Waals surface area (Å²) in [5, 5.41) is 5.45. The van der Waals surface area contributed by atoms with E-state index >= 15 is 0 Å². The van der Waals surface area contributed by atoms with E-state index in [9.17, 15) is 27.2 Å². The van der Waals surface area contributed by atoms with E-state index in [0.29, 0.717) is 36.6 Å². The van der Waals surface area contributed by atoms with E-state index in [1.165, 1.54) is 19.3 Å². The fourth-order valence-corrected chi connectivity index (χ4v) is 5.04. The molecule has 8 nitrogen and oxygen atoms in total. The minimum absolute atomic E-state index is 0.0459. The molecule has 3 atom stereocenters. The molecule has 0 saturated heterocycles. The number of aromatic nitrogens is 3. The lowest BCUT2D eigenvalue weighted by Gasteiger charge is -2.32. The van der Waals surface area contributed by atoms with E-state index in [0.717, 1.165) is 25.0 Å². The quantitative estimate of drug-likeness (QED) is 0.366. The average Bonchev–Trinajstić information content (AvgIpc) is 3.63. The molecule has 2 saturated carbocycles. The number of carbonyl (C=O) groups excluding carboxylic acids is 2. The first-order valence-electron chi connectivity index (χ1n) is 12.9. The zero-order chi connectivity index (χ0) is 27.9. The third-order valence-electron chi connectivity index (χ3n) is 7.23. The molecule has 208 valence electrons. The number of H-pyrrole nitrogens is 1. The second-order valence-electron chi connectivity index (χ2n) is 10.3. The van der Waals surface area contributed by atoms with Crippen LogP contribution in [0.15, 0.2) is 24.5 Å². The number of aryl methyl sites for hydroxylation is 1. The highest BCUT2D eigenvalue weighted by atomic mass is 19.4. The maximum atomic E-state index is 14.6. The number of benzene rings is 1. The monoisotopic (exact) mass is 547 g/mol. The van der Waals surface area contributed by atoms with Crippen molar-refractivity contribution in [1.82, 2.24) is 25.6 Å². The number of carbonyl (C=O) groups is 2. The predicted molar refractivity (Wildman–Crippen MR) is 135 cm³/mol. The first kappa shape index (κ1) is 26.9. The van der Waals surface area contributed by atoms with E-state index in [-0.39, 0.29) is 40.4 Å². The molecule has 1 aromatic carbocycles. The summed E-state index contributed by atoms with van der Waals surface area (Å²) in [5.41, 5.74) is 0.667. The molecule has 0 unspecified atom stereocenters. The number of aromatic amines is 1. The topological polar surface area (TPSA) is 109 Å². The van der Waals surface area contributed by atoms with Gasteiger partial charge in [-0.3, -0.25) is 9.59 Å². The van der Waals surface area contributed by atoms with Gasteiger partial charge in [0.05, 0.1) is 29.3 Å². The van der Waals surface area contributed by atoms with Crippen LogP contribution in [0.1, 0.15) is 60.6 Å². The van der Waals surface area contributed by atoms with Crippen LogP contribution in [0.5, 0.6) is 5.75 Å². The molecule has 0 aliphatic heterocycles. The van der Waals surface area contributed by atoms with Gasteiger partial charge in [0.1, 0.15) is 29.5 Å². The van der Waals surface area contributed by atoms with Gasteiger partial charge in [-0.15, -0.1) is 0 Å². The molecule has 5 rings (SSSR count). The number of hydrogen-bond acceptors (Lipinski definition) is 5. The van der Waals surface area contributed by atoms with Crippen molar-refractivity contribution < 1.29 is 31.9 Å². The van der Waals surface area contributed by atoms with Gasteiger partial charge < -0.3 is 20.4 Å². The summed E-state index contributed by atoms with van der Waals surface area (Å²) in [4.78, 5) is 36.2. The van der Waals surface area contributed by atoms with Crippen LogP contribution in [0.2, 0.25) is 0 Å². The highest BCUT2D eigenvalue weighted by Crippen LogP contribution is 2.40. The number of fused-ring (bicyclic) bond motifs is 1. The average molecular weight is 548 g/mol. The third kappa shape index (κ3) is 5.84. The molecule has 3 N–H and O–H groups in total. The fourth-order valence-electron chi connectivity index (χ4n) is 5.04. The largest absolute Gasteiger partial charge is 0.493 e. The summed E-state index contributed by atoms with van der Waals surface area (Å²) in [6.45, 7) is 3.38. The van der Waals surface area contributed by atoms with Crippen LogP contribution in [0.25, 0.3) is 22.3 Å². The van der Waals surface area contributed by atoms with E-state index in [1.54, 1.807) is 6.92 Å². The number of rotatable bonds is 7. The van der Waals surface area contributed by atoms with Crippen LogP contribution in [0, 0.1) is 12.8 Å². The number of nitrogens with one attached hydrogen (secondary N) is 3. The summed E-state index contributed by atoms with van der Waals surface area (Å²) < 4.78 is 61.2. The molecule has 2 aromatic heterocycles. The summed E-state index contributed by atoms with van der Waals surface area (Å²) >= 11 is 0. The molecule has 2 aliphatic rings. The second kappa shape index (κ2) is 10.5. The third-order valence-corrected chi connectivity index (χ3v) is 7.23. The molecule has 0 radical (unpaired) electrons. The predicted octanol–water partition coefficient (Wildman–Crippen LogP) is 4.87. The minimum Gasteiger partial charge on any atom is -0.493 e. The number of nitrogens with zero attached hydrogens (tertiary/aromatic N) is 2. The van der Waals surface area contributed by atoms with Crippen molar-refractivity contribution >= 4 is 22.8 Å². The van der Waals surface area contributed by atoms with Gasteiger partial charge in [-0.25, -0.2) is 14.4 Å². The molecule has 3 aromatic rings. The molecule has 2 heterocycles. The van der Waals surface area contributed by atoms with Crippen molar-refractivity contribution in [2.75, 3.05) is 6.61 Å². The first-order chi connectivity index (χ1) is 18.5. The minimum atomic E-state index is -4.57. The Labute approximate surface area is 221 Å². The molecule has 39 heavy (non-hydrogen) atoms. The zero-order valence-electron chi connectivity index (χ0n) is 21.5. The maximum absolute atomic E-state index is 14.6. The van der Waals surface area contributed by atoms with Gasteiger partial charge in [-0.2, -0.15) is 13.2 Å². The molecule has 12 heteroatoms. The standard InChI is InChI=1S/C27H29F4N5O3/c1-13-22(26(38)36-17-6-7-20(19(28)10-17)35-14(2)37)24-25(34-13)23(32-12-33-24)18-9-16(27(29,30)31)5-8-21(18)39-11-15-3-4-15/h5,8-9,12,15,17,19-20,34H,3-4,6-7,10-11H2,1-2H3,(H,35,37)(H,36,38)/t17-,19+,20+/m0/s1. The van der Waals surface area contributed by atoms with Crippen molar-refractivity contribution in [1.29, 1.82) is 0 Å². The van der Waals surface area contributed by atoms with Crippen molar-refractivity contribution in [3.8, 4) is 17.0 Å². The zero-order valence-corrected chi connectivity index (χ0v) is 21.5. The van der Waals surface area contributed by atoms with Crippen LogP contribution in [-0.2, 0) is 11.0 Å². The van der Waals surface area contributed by atoms with Crippen LogP contribution in [0.4, 0.5) is 17.6 Å². The Morgan fingerprint density at radius 3 is 2.56 bits per heavy atom. The van der Waals surface area contributed by atoms with Gasteiger partial charge in [0.15, 0.2) is 0 Å². The lowest BCUT2D eigenvalue weighted by Crippen LogP contribution is -2.49. The molecular formula is C27H29F4N5O3. The molecule has 2 fully saturated rings. The van der Waals surface area contributed by atoms with Crippen molar-refractivity contribution in [2.24, 2.45) is 5.92 Å². The van der Waals surface area contributed by atoms with Crippen molar-refractivity contribution in [3.63, 3.8) is 0 Å². The Bertz CT molecular complexity index is 1400. The van der Waals surface area contributed by atoms with Gasteiger partial charge in [-0.05, 0) is 56.7 Å². The molecule has 2 amide bonds. The second-order valence-corrected chi connectivity index (χ2v) is 10.3. The van der Waals surface area contributed by atoms with Crippen LogP contribution < -0.4 is 15.4 Å². The van der Waals surface area contributed by atoms with Crippen molar-refractivity contribution in [3.05, 3.63) is 41.3 Å². The highest BCUT2D eigenvalue weighted by molar-refractivity contribution is 6.09. The van der Waals surface area contributed by atoms with E-state index < -0.39 is 35.9 Å². The van der Waals surface area contributed by atoms with Gasteiger partial charge in [0.25, 0.3) is 5.91 Å². The Morgan fingerprint density at radius 1 is 1.13 bits per heavy atom. The van der Waals surface area contributed by atoms with E-state index in [4.69, 9.17) is 4.74 Å². The van der Waals surface area contributed by atoms with Gasteiger partial charge in [0.2, 0.25) is 5.91 Å². The molecule has 0 bridgehead atoms. The van der Waals surface area contributed by atoms with Gasteiger partial charge in [0, 0.05) is 30.6 Å². The lowest BCUT2D eigenvalue weighted by molar-refractivity contribution is -0.137. The van der Waals surface area contributed by atoms with Gasteiger partial charge in [-0.1, -0.05) is 0 Å². The SMILES string of the molecule is CC(=O)N[C@@H]1CC[C@H](NC(=O)c2c(C)[nH]c3c(-c4cc(C(F)(F)F)ccc4OCC4CC4)ncnc23)C[C@H]1F. The first-order valence-corrected chi connectivity index (χ1v) is 12.9. The normalized spacial score (nSPS) is 21.5.